The number of nitrogens with zero attached hydrogens (tertiary/aromatic N) is 1. The number of fused-ring (bicyclic) bond motifs is 2. The number of aliphatic imine (C=N–C) groups is 1. The van der Waals surface area contributed by atoms with Crippen LogP contribution in [0.25, 0.3) is 0 Å². The van der Waals surface area contributed by atoms with Gasteiger partial charge in [-0.3, -0.25) is 4.99 Å². The van der Waals surface area contributed by atoms with Crippen molar-refractivity contribution in [3.05, 3.63) is 0 Å². The van der Waals surface area contributed by atoms with Crippen LogP contribution in [0, 0.1) is 29.6 Å². The van der Waals surface area contributed by atoms with Crippen LogP contribution < -0.4 is 10.6 Å². The van der Waals surface area contributed by atoms with E-state index in [1.165, 1.54) is 25.9 Å². The summed E-state index contributed by atoms with van der Waals surface area (Å²) < 4.78 is 0. The molecule has 2 heterocycles. The topological polar surface area (TPSA) is 36.4 Å². The van der Waals surface area contributed by atoms with Gasteiger partial charge in [0.2, 0.25) is 0 Å². The molecule has 3 nitrogen and oxygen atoms in total. The van der Waals surface area contributed by atoms with E-state index in [1.807, 2.05) is 6.21 Å². The van der Waals surface area contributed by atoms with Crippen molar-refractivity contribution in [3.8, 4) is 0 Å². The van der Waals surface area contributed by atoms with Crippen LogP contribution in [0.4, 0.5) is 0 Å². The first kappa shape index (κ1) is 12.6. The monoisotopic (exact) mass is 249 g/mol. The lowest BCUT2D eigenvalue weighted by atomic mass is 9.74. The van der Waals surface area contributed by atoms with E-state index in [1.54, 1.807) is 0 Å². The minimum atomic E-state index is 0.605. The van der Waals surface area contributed by atoms with Crippen molar-refractivity contribution in [3.63, 3.8) is 0 Å². The van der Waals surface area contributed by atoms with E-state index in [0.29, 0.717) is 6.04 Å². The Morgan fingerprint density at radius 3 is 2.89 bits per heavy atom. The van der Waals surface area contributed by atoms with Gasteiger partial charge in [-0.15, -0.1) is 0 Å². The van der Waals surface area contributed by atoms with Gasteiger partial charge in [-0.2, -0.15) is 0 Å². The highest BCUT2D eigenvalue weighted by molar-refractivity contribution is 5.60. The molecule has 102 valence electrons. The number of rotatable bonds is 3. The van der Waals surface area contributed by atoms with Crippen LogP contribution in [0.2, 0.25) is 0 Å². The molecule has 2 N–H and O–H groups in total. The van der Waals surface area contributed by atoms with Gasteiger partial charge >= 0.3 is 0 Å². The molecule has 2 bridgehead atoms. The minimum Gasteiger partial charge on any atom is -0.316 e. The van der Waals surface area contributed by atoms with Gasteiger partial charge in [0, 0.05) is 18.8 Å². The second-order valence-corrected chi connectivity index (χ2v) is 6.49. The summed E-state index contributed by atoms with van der Waals surface area (Å²) in [5, 5.41) is 7.30. The minimum absolute atomic E-state index is 0.605. The number of nitrogens with one attached hydrogen (secondary N) is 2. The molecule has 3 heteroatoms. The van der Waals surface area contributed by atoms with Crippen molar-refractivity contribution in [2.24, 2.45) is 34.6 Å². The first-order valence-corrected chi connectivity index (χ1v) is 7.73. The molecule has 6 atom stereocenters. The van der Waals surface area contributed by atoms with Crippen LogP contribution in [0.1, 0.15) is 26.7 Å². The lowest BCUT2D eigenvalue weighted by Gasteiger charge is -2.36. The maximum atomic E-state index is 4.48. The molecule has 0 amide bonds. The summed E-state index contributed by atoms with van der Waals surface area (Å²) in [7, 11) is 0. The Morgan fingerprint density at radius 1 is 1.33 bits per heavy atom. The molecule has 18 heavy (non-hydrogen) atoms. The van der Waals surface area contributed by atoms with Gasteiger partial charge in [0.25, 0.3) is 0 Å². The highest BCUT2D eigenvalue weighted by Crippen LogP contribution is 2.49. The first-order valence-electron chi connectivity index (χ1n) is 7.73. The maximum absolute atomic E-state index is 4.48. The van der Waals surface area contributed by atoms with E-state index in [9.17, 15) is 0 Å². The molecular weight excluding hydrogens is 222 g/mol. The second kappa shape index (κ2) is 5.30. The molecule has 1 saturated carbocycles. The van der Waals surface area contributed by atoms with E-state index < -0.39 is 0 Å². The highest BCUT2D eigenvalue weighted by atomic mass is 15.0. The fraction of sp³-hybridized carbons (Fsp3) is 0.933. The number of hydrogen-bond donors (Lipinski definition) is 2. The molecule has 0 radical (unpaired) electrons. The first-order chi connectivity index (χ1) is 8.81. The zero-order valence-electron chi connectivity index (χ0n) is 11.7. The lowest BCUT2D eigenvalue weighted by Crippen LogP contribution is -2.46. The standard InChI is InChI=1S/C15H27N3/c1-3-13-11-6-12(8-17-7-11)15(13)10(2)14-9-16-4-5-18-14/h4,10-15,17-18H,3,5-9H2,1-2H3/t10?,11?,12?,13?,14?,15-/m1/s1. The lowest BCUT2D eigenvalue weighted by molar-refractivity contribution is 0.173. The van der Waals surface area contributed by atoms with Crippen molar-refractivity contribution < 1.29 is 0 Å². The summed E-state index contributed by atoms with van der Waals surface area (Å²) in [6, 6.07) is 0.605. The Hall–Kier alpha value is -0.410. The van der Waals surface area contributed by atoms with E-state index >= 15 is 0 Å². The van der Waals surface area contributed by atoms with E-state index in [0.717, 1.165) is 42.7 Å². The SMILES string of the molecule is CCC1C2CNCC(C2)[C@H]1C(C)C1CN=CCN1. The van der Waals surface area contributed by atoms with Crippen LogP contribution in [0.15, 0.2) is 4.99 Å². The van der Waals surface area contributed by atoms with Crippen LogP contribution >= 0.6 is 0 Å². The number of hydrogen-bond acceptors (Lipinski definition) is 3. The molecular formula is C15H27N3. The van der Waals surface area contributed by atoms with Crippen molar-refractivity contribution in [2.75, 3.05) is 26.2 Å². The van der Waals surface area contributed by atoms with Crippen molar-refractivity contribution in [2.45, 2.75) is 32.7 Å². The van der Waals surface area contributed by atoms with Crippen LogP contribution in [-0.2, 0) is 0 Å². The molecule has 3 aliphatic rings. The van der Waals surface area contributed by atoms with Gasteiger partial charge in [-0.25, -0.2) is 0 Å². The fourth-order valence-corrected chi connectivity index (χ4v) is 4.86. The molecule has 1 saturated heterocycles. The molecule has 0 aromatic carbocycles. The largest absolute Gasteiger partial charge is 0.316 e. The van der Waals surface area contributed by atoms with Crippen LogP contribution in [-0.4, -0.2) is 38.4 Å². The summed E-state index contributed by atoms with van der Waals surface area (Å²) in [4.78, 5) is 4.48. The van der Waals surface area contributed by atoms with Gasteiger partial charge < -0.3 is 10.6 Å². The molecule has 5 unspecified atom stereocenters. The molecule has 2 fully saturated rings. The zero-order chi connectivity index (χ0) is 12.5. The quantitative estimate of drug-likeness (QED) is 0.796. The van der Waals surface area contributed by atoms with Crippen LogP contribution in [0.5, 0.6) is 0 Å². The van der Waals surface area contributed by atoms with Gasteiger partial charge in [0.15, 0.2) is 0 Å². The maximum Gasteiger partial charge on any atom is 0.0542 e. The third kappa shape index (κ3) is 2.12. The molecule has 0 aromatic heterocycles. The smallest absolute Gasteiger partial charge is 0.0542 e. The highest BCUT2D eigenvalue weighted by Gasteiger charge is 2.47. The summed E-state index contributed by atoms with van der Waals surface area (Å²) in [6.45, 7) is 9.31. The third-order valence-corrected chi connectivity index (χ3v) is 5.68. The molecule has 0 aromatic rings. The second-order valence-electron chi connectivity index (χ2n) is 6.49. The molecule has 3 rings (SSSR count). The number of piperidine rings is 1. The van der Waals surface area contributed by atoms with Gasteiger partial charge in [-0.05, 0) is 49.1 Å². The average molecular weight is 249 g/mol. The molecule has 2 aliphatic heterocycles. The molecule has 0 spiro atoms. The Labute approximate surface area is 111 Å². The normalized spacial score (nSPS) is 45.1. The van der Waals surface area contributed by atoms with Crippen LogP contribution in [0.3, 0.4) is 0 Å². The van der Waals surface area contributed by atoms with Gasteiger partial charge in [-0.1, -0.05) is 20.3 Å². The Kier molecular flexibility index (Phi) is 3.71. The molecule has 1 aliphatic carbocycles. The Balaban J connectivity index is 1.74. The van der Waals surface area contributed by atoms with Gasteiger partial charge in [0.1, 0.15) is 0 Å². The summed E-state index contributed by atoms with van der Waals surface area (Å²) in [5.41, 5.74) is 0. The Morgan fingerprint density at radius 2 is 2.17 bits per heavy atom. The Bertz CT molecular complexity index is 315. The van der Waals surface area contributed by atoms with Crippen molar-refractivity contribution in [1.82, 2.24) is 10.6 Å². The predicted octanol–water partition coefficient (Wildman–Crippen LogP) is 1.55. The van der Waals surface area contributed by atoms with E-state index in [4.69, 9.17) is 0 Å². The third-order valence-electron chi connectivity index (χ3n) is 5.68. The van der Waals surface area contributed by atoms with E-state index in [-0.39, 0.29) is 0 Å². The summed E-state index contributed by atoms with van der Waals surface area (Å²) in [6.07, 6.45) is 4.85. The van der Waals surface area contributed by atoms with Gasteiger partial charge in [0.05, 0.1) is 6.54 Å². The fourth-order valence-electron chi connectivity index (χ4n) is 4.86. The van der Waals surface area contributed by atoms with Crippen molar-refractivity contribution >= 4 is 6.21 Å². The average Bonchev–Trinajstić information content (AvgIpc) is 2.69. The zero-order valence-corrected chi connectivity index (χ0v) is 11.7. The predicted molar refractivity (Wildman–Crippen MR) is 76.1 cm³/mol. The summed E-state index contributed by atoms with van der Waals surface area (Å²) in [5.74, 6) is 4.46. The van der Waals surface area contributed by atoms with E-state index in [2.05, 4.69) is 29.5 Å². The summed E-state index contributed by atoms with van der Waals surface area (Å²) >= 11 is 0. The van der Waals surface area contributed by atoms with Crippen molar-refractivity contribution in [1.29, 1.82) is 0 Å².